The predicted molar refractivity (Wildman–Crippen MR) is 78.4 cm³/mol. The third kappa shape index (κ3) is 4.00. The molecule has 1 aromatic rings. The van der Waals surface area contributed by atoms with E-state index in [1.807, 2.05) is 24.3 Å². The Bertz CT molecular complexity index is 500. The van der Waals surface area contributed by atoms with Crippen LogP contribution in [0.5, 0.6) is 0 Å². The van der Waals surface area contributed by atoms with E-state index in [0.717, 1.165) is 5.56 Å². The Labute approximate surface area is 124 Å². The minimum Gasteiger partial charge on any atom is -0.340 e. The van der Waals surface area contributed by atoms with Crippen LogP contribution in [0.4, 0.5) is 8.78 Å². The monoisotopic (exact) mass is 296 g/mol. The Hall–Kier alpha value is -1.49. The average molecular weight is 296 g/mol. The molecule has 5 heteroatoms. The lowest BCUT2D eigenvalue weighted by Gasteiger charge is -2.21. The third-order valence-corrected chi connectivity index (χ3v) is 3.85. The number of carbonyl (C=O) groups is 1. The SMILES string of the molecule is CC(C)c1ccc(CN(C)C(=O)C2CC(F)(F)CN2)cc1. The highest BCUT2D eigenvalue weighted by molar-refractivity contribution is 5.82. The van der Waals surface area contributed by atoms with E-state index in [2.05, 4.69) is 19.2 Å². The van der Waals surface area contributed by atoms with Crippen molar-refractivity contribution in [3.8, 4) is 0 Å². The van der Waals surface area contributed by atoms with E-state index in [1.165, 1.54) is 10.5 Å². The van der Waals surface area contributed by atoms with E-state index in [9.17, 15) is 13.6 Å². The lowest BCUT2D eigenvalue weighted by molar-refractivity contribution is -0.132. The van der Waals surface area contributed by atoms with Gasteiger partial charge in [0.1, 0.15) is 0 Å². The van der Waals surface area contributed by atoms with Crippen molar-refractivity contribution in [3.63, 3.8) is 0 Å². The largest absolute Gasteiger partial charge is 0.340 e. The lowest BCUT2D eigenvalue weighted by atomic mass is 10.0. The normalized spacial score (nSPS) is 20.8. The smallest absolute Gasteiger partial charge is 0.262 e. The summed E-state index contributed by atoms with van der Waals surface area (Å²) in [5.41, 5.74) is 2.24. The second kappa shape index (κ2) is 6.10. The van der Waals surface area contributed by atoms with Gasteiger partial charge in [0.25, 0.3) is 5.92 Å². The van der Waals surface area contributed by atoms with Crippen LogP contribution in [0.3, 0.4) is 0 Å². The molecule has 1 fully saturated rings. The highest BCUT2D eigenvalue weighted by atomic mass is 19.3. The molecule has 1 heterocycles. The second-order valence-electron chi connectivity index (χ2n) is 6.08. The molecule has 21 heavy (non-hydrogen) atoms. The van der Waals surface area contributed by atoms with Gasteiger partial charge in [-0.15, -0.1) is 0 Å². The number of carbonyl (C=O) groups excluding carboxylic acids is 1. The molecule has 0 spiro atoms. The standard InChI is InChI=1S/C16H22F2N2O/c1-11(2)13-6-4-12(5-7-13)9-20(3)15(21)14-8-16(17,18)10-19-14/h4-7,11,14,19H,8-10H2,1-3H3. The summed E-state index contributed by atoms with van der Waals surface area (Å²) in [5.74, 6) is -2.59. The number of alkyl halides is 2. The molecule has 0 radical (unpaired) electrons. The topological polar surface area (TPSA) is 32.3 Å². The van der Waals surface area contributed by atoms with Gasteiger partial charge in [0.15, 0.2) is 0 Å². The summed E-state index contributed by atoms with van der Waals surface area (Å²) in [6, 6.07) is 7.27. The molecule has 0 aromatic heterocycles. The van der Waals surface area contributed by atoms with Crippen molar-refractivity contribution in [1.82, 2.24) is 10.2 Å². The fraction of sp³-hybridized carbons (Fsp3) is 0.562. The summed E-state index contributed by atoms with van der Waals surface area (Å²) >= 11 is 0. The van der Waals surface area contributed by atoms with E-state index < -0.39 is 24.9 Å². The summed E-state index contributed by atoms with van der Waals surface area (Å²) in [7, 11) is 1.65. The molecular weight excluding hydrogens is 274 g/mol. The van der Waals surface area contributed by atoms with Crippen LogP contribution in [0, 0.1) is 0 Å². The van der Waals surface area contributed by atoms with E-state index in [4.69, 9.17) is 0 Å². The van der Waals surface area contributed by atoms with Crippen molar-refractivity contribution in [2.24, 2.45) is 0 Å². The molecule has 3 nitrogen and oxygen atoms in total. The lowest BCUT2D eigenvalue weighted by Crippen LogP contribution is -2.41. The van der Waals surface area contributed by atoms with Gasteiger partial charge in [-0.1, -0.05) is 38.1 Å². The van der Waals surface area contributed by atoms with Crippen LogP contribution in [0.15, 0.2) is 24.3 Å². The summed E-state index contributed by atoms with van der Waals surface area (Å²) < 4.78 is 26.3. The van der Waals surface area contributed by atoms with E-state index >= 15 is 0 Å². The van der Waals surface area contributed by atoms with Crippen LogP contribution in [0.2, 0.25) is 0 Å². The summed E-state index contributed by atoms with van der Waals surface area (Å²) in [4.78, 5) is 13.6. The number of benzene rings is 1. The van der Waals surface area contributed by atoms with E-state index in [0.29, 0.717) is 12.5 Å². The summed E-state index contributed by atoms with van der Waals surface area (Å²) in [6.07, 6.45) is -0.414. The molecule has 1 amide bonds. The van der Waals surface area contributed by atoms with Crippen LogP contribution >= 0.6 is 0 Å². The Morgan fingerprint density at radius 2 is 2.00 bits per heavy atom. The van der Waals surface area contributed by atoms with E-state index in [-0.39, 0.29) is 5.91 Å². The van der Waals surface area contributed by atoms with Crippen LogP contribution in [-0.2, 0) is 11.3 Å². The highest BCUT2D eigenvalue weighted by Crippen LogP contribution is 2.26. The van der Waals surface area contributed by atoms with Crippen molar-refractivity contribution in [2.45, 2.75) is 44.7 Å². The van der Waals surface area contributed by atoms with Gasteiger partial charge >= 0.3 is 0 Å². The Balaban J connectivity index is 1.94. The number of rotatable bonds is 4. The van der Waals surface area contributed by atoms with Gasteiger partial charge in [-0.2, -0.15) is 0 Å². The molecular formula is C16H22F2N2O. The molecule has 1 atom stereocenters. The fourth-order valence-corrected chi connectivity index (χ4v) is 2.52. The summed E-state index contributed by atoms with van der Waals surface area (Å²) in [5, 5.41) is 2.60. The first-order chi connectivity index (χ1) is 9.78. The van der Waals surface area contributed by atoms with Crippen LogP contribution in [-0.4, -0.2) is 36.4 Å². The quantitative estimate of drug-likeness (QED) is 0.926. The number of nitrogens with one attached hydrogen (secondary N) is 1. The number of nitrogens with zero attached hydrogens (tertiary/aromatic N) is 1. The van der Waals surface area contributed by atoms with Gasteiger partial charge in [0, 0.05) is 20.0 Å². The minimum absolute atomic E-state index is 0.278. The van der Waals surface area contributed by atoms with Gasteiger partial charge < -0.3 is 4.90 Å². The van der Waals surface area contributed by atoms with Crippen LogP contribution in [0.1, 0.15) is 37.3 Å². The Morgan fingerprint density at radius 3 is 2.48 bits per heavy atom. The van der Waals surface area contributed by atoms with Crippen molar-refractivity contribution in [1.29, 1.82) is 0 Å². The highest BCUT2D eigenvalue weighted by Gasteiger charge is 2.43. The van der Waals surface area contributed by atoms with Crippen molar-refractivity contribution >= 4 is 5.91 Å². The molecule has 0 saturated carbocycles. The fourth-order valence-electron chi connectivity index (χ4n) is 2.52. The molecule has 1 N–H and O–H groups in total. The number of halogens is 2. The Kier molecular flexibility index (Phi) is 4.61. The molecule has 1 saturated heterocycles. The van der Waals surface area contributed by atoms with Crippen LogP contribution in [0.25, 0.3) is 0 Å². The first-order valence-electron chi connectivity index (χ1n) is 7.23. The van der Waals surface area contributed by atoms with Crippen molar-refractivity contribution in [2.75, 3.05) is 13.6 Å². The Morgan fingerprint density at radius 1 is 1.38 bits per heavy atom. The van der Waals surface area contributed by atoms with E-state index in [1.54, 1.807) is 7.05 Å². The number of amides is 1. The number of hydrogen-bond donors (Lipinski definition) is 1. The van der Waals surface area contributed by atoms with Gasteiger partial charge in [0.2, 0.25) is 5.91 Å². The van der Waals surface area contributed by atoms with Gasteiger partial charge in [-0.05, 0) is 17.0 Å². The van der Waals surface area contributed by atoms with Crippen molar-refractivity contribution in [3.05, 3.63) is 35.4 Å². The zero-order valence-electron chi connectivity index (χ0n) is 12.7. The summed E-state index contributed by atoms with van der Waals surface area (Å²) in [6.45, 7) is 4.26. The molecule has 2 rings (SSSR count). The molecule has 1 aliphatic rings. The maximum atomic E-state index is 13.1. The average Bonchev–Trinajstić information content (AvgIpc) is 2.78. The maximum Gasteiger partial charge on any atom is 0.262 e. The molecule has 116 valence electrons. The minimum atomic E-state index is -2.78. The van der Waals surface area contributed by atoms with Gasteiger partial charge in [-0.25, -0.2) is 8.78 Å². The molecule has 1 unspecified atom stereocenters. The molecule has 0 aliphatic carbocycles. The van der Waals surface area contributed by atoms with Gasteiger partial charge in [-0.3, -0.25) is 10.1 Å². The first-order valence-corrected chi connectivity index (χ1v) is 7.23. The number of likely N-dealkylation sites (N-methyl/N-ethyl adjacent to an activating group) is 1. The zero-order chi connectivity index (χ0) is 15.6. The van der Waals surface area contributed by atoms with Crippen molar-refractivity contribution < 1.29 is 13.6 Å². The maximum absolute atomic E-state index is 13.1. The predicted octanol–water partition coefficient (Wildman–Crippen LogP) is 2.77. The zero-order valence-corrected chi connectivity index (χ0v) is 12.7. The third-order valence-electron chi connectivity index (χ3n) is 3.85. The van der Waals surface area contributed by atoms with Crippen LogP contribution < -0.4 is 5.32 Å². The second-order valence-corrected chi connectivity index (χ2v) is 6.08. The molecule has 0 bridgehead atoms. The molecule has 1 aromatic carbocycles. The number of hydrogen-bond acceptors (Lipinski definition) is 2. The molecule has 1 aliphatic heterocycles. The van der Waals surface area contributed by atoms with Gasteiger partial charge in [0.05, 0.1) is 12.6 Å². The first kappa shape index (κ1) is 15.9.